The maximum Gasteiger partial charge on any atom is 0.188 e. The third kappa shape index (κ3) is 1.24. The third-order valence-electron chi connectivity index (χ3n) is 2.36. The van der Waals surface area contributed by atoms with E-state index in [9.17, 15) is 9.90 Å². The molecule has 0 fully saturated rings. The largest absolute Gasteiger partial charge is 0.878 e. The van der Waals surface area contributed by atoms with Crippen LogP contribution in [0.15, 0.2) is 36.1 Å². The van der Waals surface area contributed by atoms with Gasteiger partial charge in [0, 0.05) is 5.56 Å². The maximum atomic E-state index is 11.6. The SMILES string of the molecule is O=C1/C(=C\[O-])CCc2ccccc21. The molecule has 0 saturated heterocycles. The first-order valence-corrected chi connectivity index (χ1v) is 4.26. The Hall–Kier alpha value is -1.57. The van der Waals surface area contributed by atoms with E-state index >= 15 is 0 Å². The zero-order valence-corrected chi connectivity index (χ0v) is 7.12. The third-order valence-corrected chi connectivity index (χ3v) is 2.36. The summed E-state index contributed by atoms with van der Waals surface area (Å²) in [4.78, 5) is 11.6. The fraction of sp³-hybridized carbons (Fsp3) is 0.182. The van der Waals surface area contributed by atoms with Crippen LogP contribution in [0.2, 0.25) is 0 Å². The van der Waals surface area contributed by atoms with E-state index in [1.807, 2.05) is 18.2 Å². The molecule has 0 atom stereocenters. The molecule has 0 heterocycles. The molecule has 0 bridgehead atoms. The van der Waals surface area contributed by atoms with E-state index in [4.69, 9.17) is 0 Å². The molecule has 1 aromatic carbocycles. The van der Waals surface area contributed by atoms with Crippen LogP contribution < -0.4 is 5.11 Å². The number of hydrogen-bond donors (Lipinski definition) is 0. The second-order valence-corrected chi connectivity index (χ2v) is 3.13. The number of benzene rings is 1. The molecule has 1 aromatic rings. The number of carbonyl (C=O) groups is 1. The summed E-state index contributed by atoms with van der Waals surface area (Å²) in [7, 11) is 0. The number of allylic oxidation sites excluding steroid dienone is 1. The van der Waals surface area contributed by atoms with Crippen LogP contribution in [0.4, 0.5) is 0 Å². The smallest absolute Gasteiger partial charge is 0.188 e. The van der Waals surface area contributed by atoms with Gasteiger partial charge in [-0.3, -0.25) is 4.79 Å². The van der Waals surface area contributed by atoms with Crippen molar-refractivity contribution in [2.75, 3.05) is 0 Å². The van der Waals surface area contributed by atoms with E-state index in [1.54, 1.807) is 6.07 Å². The first kappa shape index (κ1) is 8.05. The Morgan fingerprint density at radius 2 is 2.00 bits per heavy atom. The van der Waals surface area contributed by atoms with E-state index < -0.39 is 0 Å². The second kappa shape index (κ2) is 3.05. The van der Waals surface area contributed by atoms with Gasteiger partial charge in [-0.15, -0.1) is 6.26 Å². The van der Waals surface area contributed by atoms with Crippen LogP contribution in [0, 0.1) is 0 Å². The number of aryl methyl sites for hydroxylation is 1. The summed E-state index contributed by atoms with van der Waals surface area (Å²) in [6.45, 7) is 0. The van der Waals surface area contributed by atoms with Crippen molar-refractivity contribution < 1.29 is 9.90 Å². The average molecular weight is 173 g/mol. The first-order chi connectivity index (χ1) is 6.33. The standard InChI is InChI=1S/C11H10O2/c12-7-9-6-5-8-3-1-2-4-10(8)11(9)13/h1-4,7,12H,5-6H2/p-1/b9-7-. The van der Waals surface area contributed by atoms with Crippen LogP contribution in [-0.4, -0.2) is 5.78 Å². The van der Waals surface area contributed by atoms with E-state index in [2.05, 4.69) is 0 Å². The van der Waals surface area contributed by atoms with Crippen molar-refractivity contribution in [1.82, 2.24) is 0 Å². The summed E-state index contributed by atoms with van der Waals surface area (Å²) < 4.78 is 0. The molecule has 0 aliphatic heterocycles. The summed E-state index contributed by atoms with van der Waals surface area (Å²) in [6, 6.07) is 7.46. The topological polar surface area (TPSA) is 40.1 Å². The number of ketones is 1. The van der Waals surface area contributed by atoms with E-state index in [0.717, 1.165) is 12.0 Å². The molecule has 2 heteroatoms. The highest BCUT2D eigenvalue weighted by molar-refractivity contribution is 6.10. The lowest BCUT2D eigenvalue weighted by molar-refractivity contribution is -0.276. The normalized spacial score (nSPS) is 18.8. The molecule has 0 radical (unpaired) electrons. The number of hydrogen-bond acceptors (Lipinski definition) is 2. The van der Waals surface area contributed by atoms with Crippen LogP contribution in [0.5, 0.6) is 0 Å². The van der Waals surface area contributed by atoms with Crippen molar-refractivity contribution in [3.63, 3.8) is 0 Å². The molecule has 0 amide bonds. The predicted molar refractivity (Wildman–Crippen MR) is 47.2 cm³/mol. The van der Waals surface area contributed by atoms with Gasteiger partial charge < -0.3 is 5.11 Å². The fourth-order valence-electron chi connectivity index (χ4n) is 1.63. The van der Waals surface area contributed by atoms with Gasteiger partial charge in [0.05, 0.1) is 0 Å². The fourth-order valence-corrected chi connectivity index (χ4v) is 1.63. The average Bonchev–Trinajstić information content (AvgIpc) is 2.19. The van der Waals surface area contributed by atoms with Gasteiger partial charge in [-0.25, -0.2) is 0 Å². The van der Waals surface area contributed by atoms with Gasteiger partial charge >= 0.3 is 0 Å². The van der Waals surface area contributed by atoms with Crippen molar-refractivity contribution >= 4 is 5.78 Å². The van der Waals surface area contributed by atoms with E-state index in [-0.39, 0.29) is 5.78 Å². The number of carbonyl (C=O) groups excluding carboxylic acids is 1. The Kier molecular flexibility index (Phi) is 1.89. The lowest BCUT2D eigenvalue weighted by Gasteiger charge is -2.17. The minimum Gasteiger partial charge on any atom is -0.878 e. The molecule has 0 N–H and O–H groups in total. The van der Waals surface area contributed by atoms with Crippen LogP contribution in [-0.2, 0) is 6.42 Å². The zero-order chi connectivity index (χ0) is 9.26. The first-order valence-electron chi connectivity index (χ1n) is 4.26. The Morgan fingerprint density at radius 3 is 2.77 bits per heavy atom. The quantitative estimate of drug-likeness (QED) is 0.434. The summed E-state index contributed by atoms with van der Waals surface area (Å²) in [5, 5.41) is 10.5. The molecule has 1 aliphatic carbocycles. The minimum atomic E-state index is -0.100. The van der Waals surface area contributed by atoms with Crippen molar-refractivity contribution in [2.24, 2.45) is 0 Å². The molecule has 0 saturated carbocycles. The van der Waals surface area contributed by atoms with Gasteiger partial charge in [0.1, 0.15) is 0 Å². The number of rotatable bonds is 0. The summed E-state index contributed by atoms with van der Waals surface area (Å²) in [6.07, 6.45) is 2.06. The van der Waals surface area contributed by atoms with Crippen LogP contribution in [0.3, 0.4) is 0 Å². The molecule has 13 heavy (non-hydrogen) atoms. The van der Waals surface area contributed by atoms with Crippen molar-refractivity contribution in [3.8, 4) is 0 Å². The summed E-state index contributed by atoms with van der Waals surface area (Å²) in [5.74, 6) is -0.100. The minimum absolute atomic E-state index is 0.100. The van der Waals surface area contributed by atoms with Crippen molar-refractivity contribution in [2.45, 2.75) is 12.8 Å². The maximum absolute atomic E-state index is 11.6. The van der Waals surface area contributed by atoms with Gasteiger partial charge in [-0.05, 0) is 24.0 Å². The molecule has 0 unspecified atom stereocenters. The van der Waals surface area contributed by atoms with Gasteiger partial charge in [0.15, 0.2) is 5.78 Å². The molecular weight excluding hydrogens is 164 g/mol. The highest BCUT2D eigenvalue weighted by Crippen LogP contribution is 2.23. The number of Topliss-reactive ketones (excluding diaryl/α,β-unsaturated/α-hetero) is 1. The monoisotopic (exact) mass is 173 g/mol. The van der Waals surface area contributed by atoms with Crippen molar-refractivity contribution in [3.05, 3.63) is 47.2 Å². The highest BCUT2D eigenvalue weighted by atomic mass is 16.2. The van der Waals surface area contributed by atoms with E-state index in [1.165, 1.54) is 0 Å². The van der Waals surface area contributed by atoms with Crippen LogP contribution >= 0.6 is 0 Å². The second-order valence-electron chi connectivity index (χ2n) is 3.13. The van der Waals surface area contributed by atoms with Gasteiger partial charge in [-0.2, -0.15) is 0 Å². The van der Waals surface area contributed by atoms with Gasteiger partial charge in [0.25, 0.3) is 0 Å². The molecule has 0 spiro atoms. The number of fused-ring (bicyclic) bond motifs is 1. The summed E-state index contributed by atoms with van der Waals surface area (Å²) >= 11 is 0. The van der Waals surface area contributed by atoms with Crippen LogP contribution in [0.25, 0.3) is 0 Å². The van der Waals surface area contributed by atoms with Crippen LogP contribution in [0.1, 0.15) is 22.3 Å². The summed E-state index contributed by atoms with van der Waals surface area (Å²) in [5.41, 5.74) is 2.15. The Bertz CT molecular complexity index is 377. The Morgan fingerprint density at radius 1 is 1.23 bits per heavy atom. The predicted octanol–water partition coefficient (Wildman–Crippen LogP) is 1.06. The van der Waals surface area contributed by atoms with Gasteiger partial charge in [0.2, 0.25) is 0 Å². The lowest BCUT2D eigenvalue weighted by Crippen LogP contribution is -2.15. The van der Waals surface area contributed by atoms with Gasteiger partial charge in [-0.1, -0.05) is 24.3 Å². The van der Waals surface area contributed by atoms with E-state index in [0.29, 0.717) is 23.8 Å². The zero-order valence-electron chi connectivity index (χ0n) is 7.12. The molecule has 2 nitrogen and oxygen atoms in total. The van der Waals surface area contributed by atoms with Crippen molar-refractivity contribution in [1.29, 1.82) is 0 Å². The molecule has 66 valence electrons. The lowest BCUT2D eigenvalue weighted by atomic mass is 9.88. The Labute approximate surface area is 76.5 Å². The molecule has 1 aliphatic rings. The highest BCUT2D eigenvalue weighted by Gasteiger charge is 2.19. The molecular formula is C11H9O2-. The molecule has 2 rings (SSSR count). The molecule has 0 aromatic heterocycles. The Balaban J connectivity index is 2.51.